The molecular weight excluding hydrogens is 520 g/mol. The minimum absolute atomic E-state index is 0.137. The highest BCUT2D eigenvalue weighted by Crippen LogP contribution is 2.27. The number of amides is 3. The third-order valence-corrected chi connectivity index (χ3v) is 7.88. The van der Waals surface area contributed by atoms with Crippen LogP contribution in [0.2, 0.25) is 0 Å². The monoisotopic (exact) mass is 570 g/mol. The first kappa shape index (κ1) is 32.8. The van der Waals surface area contributed by atoms with E-state index >= 15 is 0 Å². The normalized spacial score (nSPS) is 20.4. The Morgan fingerprint density at radius 1 is 1.00 bits per heavy atom. The van der Waals surface area contributed by atoms with Gasteiger partial charge in [0.05, 0.1) is 17.9 Å². The summed E-state index contributed by atoms with van der Waals surface area (Å²) in [6.45, 7) is 6.69. The van der Waals surface area contributed by atoms with Crippen LogP contribution in [-0.2, 0) is 24.0 Å². The quantitative estimate of drug-likeness (QED) is 0.295. The molecule has 2 aliphatic rings. The second kappa shape index (κ2) is 17.3. The lowest BCUT2D eigenvalue weighted by atomic mass is 9.82. The van der Waals surface area contributed by atoms with E-state index in [4.69, 9.17) is 15.3 Å². The maximum atomic E-state index is 13.9. The van der Waals surface area contributed by atoms with Crippen LogP contribution in [0.25, 0.3) is 6.08 Å². The van der Waals surface area contributed by atoms with Crippen molar-refractivity contribution < 1.29 is 24.0 Å². The Hall–Kier alpha value is -2.75. The van der Waals surface area contributed by atoms with Crippen LogP contribution in [0.3, 0.4) is 0 Å². The summed E-state index contributed by atoms with van der Waals surface area (Å²) >= 11 is 0. The van der Waals surface area contributed by atoms with Gasteiger partial charge < -0.3 is 10.5 Å². The Morgan fingerprint density at radius 2 is 1.71 bits per heavy atom. The highest BCUT2D eigenvalue weighted by Gasteiger charge is 2.36. The molecule has 2 fully saturated rings. The molecule has 0 bridgehead atoms. The fourth-order valence-corrected chi connectivity index (χ4v) is 5.61. The second-order valence-electron chi connectivity index (χ2n) is 12.0. The molecule has 1 saturated heterocycles. The fraction of sp³-hybridized carbons (Fsp3) is 0.656. The van der Waals surface area contributed by atoms with E-state index in [2.05, 4.69) is 10.9 Å². The van der Waals surface area contributed by atoms with Crippen molar-refractivity contribution >= 4 is 23.8 Å². The maximum Gasteiger partial charge on any atom is 0.257 e. The number of ether oxygens (including phenoxy) is 1. The number of rotatable bonds is 13. The third kappa shape index (κ3) is 11.2. The Labute approximate surface area is 245 Å². The van der Waals surface area contributed by atoms with Gasteiger partial charge in [0, 0.05) is 19.6 Å². The average molecular weight is 571 g/mol. The molecule has 0 radical (unpaired) electrons. The molecule has 1 aromatic rings. The number of carbonyl (C=O) groups excluding carboxylic acids is 3. The molecule has 0 aromatic heterocycles. The molecule has 1 aliphatic carbocycles. The summed E-state index contributed by atoms with van der Waals surface area (Å²) in [7, 11) is 0. The van der Waals surface area contributed by atoms with Crippen molar-refractivity contribution in [3.8, 4) is 0 Å². The van der Waals surface area contributed by atoms with Gasteiger partial charge in [0.25, 0.3) is 5.91 Å². The highest BCUT2D eigenvalue weighted by atomic mass is 16.8. The van der Waals surface area contributed by atoms with Gasteiger partial charge in [-0.1, -0.05) is 75.6 Å². The largest absolute Gasteiger partial charge is 0.350 e. The molecule has 228 valence electrons. The first-order valence-corrected chi connectivity index (χ1v) is 15.4. The van der Waals surface area contributed by atoms with Crippen LogP contribution in [0.4, 0.5) is 0 Å². The number of carbonyl (C=O) groups is 3. The van der Waals surface area contributed by atoms with Gasteiger partial charge in [-0.15, -0.1) is 0 Å². The Morgan fingerprint density at radius 3 is 2.34 bits per heavy atom. The van der Waals surface area contributed by atoms with Gasteiger partial charge in [-0.25, -0.2) is 10.3 Å². The smallest absolute Gasteiger partial charge is 0.257 e. The molecular formula is C32H50N4O5. The van der Waals surface area contributed by atoms with E-state index in [-0.39, 0.29) is 23.6 Å². The molecule has 3 amide bonds. The van der Waals surface area contributed by atoms with Crippen molar-refractivity contribution in [2.24, 2.45) is 29.4 Å². The van der Waals surface area contributed by atoms with E-state index in [1.165, 1.54) is 11.4 Å². The summed E-state index contributed by atoms with van der Waals surface area (Å²) in [6, 6.07) is 9.07. The van der Waals surface area contributed by atoms with Gasteiger partial charge in [0.1, 0.15) is 0 Å². The lowest BCUT2D eigenvalue weighted by molar-refractivity contribution is -0.203. The average Bonchev–Trinajstić information content (AvgIpc) is 2.98. The molecule has 9 nitrogen and oxygen atoms in total. The van der Waals surface area contributed by atoms with Crippen molar-refractivity contribution in [3.63, 3.8) is 0 Å². The molecule has 3 rings (SSSR count). The molecule has 0 spiro atoms. The zero-order valence-corrected chi connectivity index (χ0v) is 25.1. The molecule has 9 heteroatoms. The van der Waals surface area contributed by atoms with Crippen LogP contribution in [0.15, 0.2) is 36.4 Å². The van der Waals surface area contributed by atoms with Crippen molar-refractivity contribution in [1.29, 1.82) is 0 Å². The summed E-state index contributed by atoms with van der Waals surface area (Å²) in [5, 5.41) is 1.40. The number of nitrogens with zero attached hydrogens (tertiary/aromatic N) is 1. The number of allylic oxidation sites excluding steroid dienone is 1. The number of hydrogen-bond acceptors (Lipinski definition) is 6. The number of hydroxylamine groups is 1. The van der Waals surface area contributed by atoms with Crippen molar-refractivity contribution in [1.82, 2.24) is 15.9 Å². The Kier molecular flexibility index (Phi) is 13.8. The van der Waals surface area contributed by atoms with Gasteiger partial charge in [-0.2, -0.15) is 0 Å². The van der Waals surface area contributed by atoms with Crippen LogP contribution in [0.1, 0.15) is 90.5 Å². The van der Waals surface area contributed by atoms with Gasteiger partial charge in [0.2, 0.25) is 11.8 Å². The number of nitrogens with two attached hydrogens (primary N) is 1. The number of hydrogen-bond donors (Lipinski definition) is 3. The van der Waals surface area contributed by atoms with Crippen molar-refractivity contribution in [3.05, 3.63) is 42.0 Å². The van der Waals surface area contributed by atoms with Crippen LogP contribution in [0, 0.1) is 23.7 Å². The van der Waals surface area contributed by atoms with Crippen LogP contribution in [0.5, 0.6) is 0 Å². The second-order valence-corrected chi connectivity index (χ2v) is 12.0. The summed E-state index contributed by atoms with van der Waals surface area (Å²) < 4.78 is 5.61. The maximum absolute atomic E-state index is 13.9. The van der Waals surface area contributed by atoms with Gasteiger partial charge in [-0.3, -0.25) is 24.8 Å². The van der Waals surface area contributed by atoms with Crippen LogP contribution in [-0.4, -0.2) is 48.2 Å². The summed E-state index contributed by atoms with van der Waals surface area (Å²) in [4.78, 5) is 46.2. The highest BCUT2D eigenvalue weighted by molar-refractivity contribution is 5.89. The van der Waals surface area contributed by atoms with E-state index in [0.717, 1.165) is 44.1 Å². The van der Waals surface area contributed by atoms with Gasteiger partial charge >= 0.3 is 0 Å². The lowest BCUT2D eigenvalue weighted by Gasteiger charge is -2.33. The van der Waals surface area contributed by atoms with E-state index in [0.29, 0.717) is 38.3 Å². The van der Waals surface area contributed by atoms with E-state index in [9.17, 15) is 14.4 Å². The molecule has 1 heterocycles. The first-order chi connectivity index (χ1) is 19.7. The Bertz CT molecular complexity index is 972. The van der Waals surface area contributed by atoms with E-state index < -0.39 is 24.2 Å². The zero-order chi connectivity index (χ0) is 29.6. The Balaban J connectivity index is 1.80. The van der Waals surface area contributed by atoms with Crippen LogP contribution >= 0.6 is 0 Å². The first-order valence-electron chi connectivity index (χ1n) is 15.4. The van der Waals surface area contributed by atoms with Gasteiger partial charge in [0.15, 0.2) is 6.29 Å². The summed E-state index contributed by atoms with van der Waals surface area (Å²) in [5.41, 5.74) is 12.5. The predicted octanol–water partition coefficient (Wildman–Crippen LogP) is 4.73. The van der Waals surface area contributed by atoms with Crippen molar-refractivity contribution in [2.75, 3.05) is 13.2 Å². The fourth-order valence-electron chi connectivity index (χ4n) is 5.61. The molecule has 4 atom stereocenters. The zero-order valence-electron chi connectivity index (χ0n) is 25.1. The number of nitrogens with one attached hydrogen (secondary N) is 2. The lowest BCUT2D eigenvalue weighted by Crippen LogP contribution is -2.56. The topological polar surface area (TPSA) is 123 Å². The molecule has 1 unspecified atom stereocenters. The molecule has 1 saturated carbocycles. The molecule has 1 aliphatic heterocycles. The minimum atomic E-state index is -0.751. The summed E-state index contributed by atoms with van der Waals surface area (Å²) in [6.07, 6.45) is 12.3. The molecule has 41 heavy (non-hydrogen) atoms. The third-order valence-electron chi connectivity index (χ3n) is 7.88. The van der Waals surface area contributed by atoms with E-state index in [1.54, 1.807) is 6.92 Å². The van der Waals surface area contributed by atoms with Crippen molar-refractivity contribution in [2.45, 2.75) is 97.3 Å². The standard InChI is InChI=1S/C32H50N4O5/c1-23(2)21-28(30(37)34-36(32(39)24(3)33)22-26-15-8-5-9-16-26)27(18-12-17-25-13-6-4-7-14-25)31(38)35-41-29-19-10-11-20-40-29/h4,6-7,12-14,17,23-24,26-29H,5,8-11,15-16,18-22,33H2,1-3H3,(H,34,37)(H,35,38)/t24-,27+,28-,29?/m1/s1. The minimum Gasteiger partial charge on any atom is -0.350 e. The molecule has 1 aromatic carbocycles. The SMILES string of the molecule is CC(C)C[C@@H](C(=O)NN(CC1CCCCC1)C(=O)[C@@H](C)N)[C@H](CC=Cc1ccccc1)C(=O)NOC1CCCCO1. The number of hydrazine groups is 1. The van der Waals surface area contributed by atoms with Gasteiger partial charge in [-0.05, 0) is 62.8 Å². The summed E-state index contributed by atoms with van der Waals surface area (Å²) in [5.74, 6) is -2.02. The van der Waals surface area contributed by atoms with E-state index in [1.807, 2.05) is 56.3 Å². The predicted molar refractivity (Wildman–Crippen MR) is 159 cm³/mol. The number of benzene rings is 1. The molecule has 4 N–H and O–H groups in total. The van der Waals surface area contributed by atoms with Crippen LogP contribution < -0.4 is 16.6 Å².